The summed E-state index contributed by atoms with van der Waals surface area (Å²) in [5.41, 5.74) is 1.84. The molecule has 2 aromatic carbocycles. The molecule has 0 N–H and O–H groups in total. The van der Waals surface area contributed by atoms with Gasteiger partial charge in [-0.05, 0) is 42.5 Å². The number of benzene rings is 2. The Morgan fingerprint density at radius 1 is 1.07 bits per heavy atom. The maximum atomic E-state index is 13.4. The SMILES string of the molecule is COc1cccc([C@]23CCCC[C@H]2C(=O)N(CCc2ccccc2)C(=O)C3)c1. The first-order valence-electron chi connectivity index (χ1n) is 10.2. The molecule has 2 amide bonds. The van der Waals surface area contributed by atoms with Crippen LogP contribution in [0.4, 0.5) is 0 Å². The van der Waals surface area contributed by atoms with Crippen molar-refractivity contribution in [3.05, 3.63) is 65.7 Å². The second kappa shape index (κ2) is 7.78. The van der Waals surface area contributed by atoms with Crippen LogP contribution in [0.15, 0.2) is 54.6 Å². The van der Waals surface area contributed by atoms with Crippen LogP contribution in [0.25, 0.3) is 0 Å². The Kier molecular flexibility index (Phi) is 5.21. The maximum absolute atomic E-state index is 13.4. The number of amides is 2. The number of nitrogens with zero attached hydrogens (tertiary/aromatic N) is 1. The van der Waals surface area contributed by atoms with Gasteiger partial charge in [0.1, 0.15) is 5.75 Å². The zero-order valence-electron chi connectivity index (χ0n) is 16.4. The summed E-state index contributed by atoms with van der Waals surface area (Å²) in [6.07, 6.45) is 4.95. The normalized spacial score (nSPS) is 24.8. The summed E-state index contributed by atoms with van der Waals surface area (Å²) in [5, 5.41) is 0. The molecule has 1 aliphatic carbocycles. The third-order valence-electron chi connectivity index (χ3n) is 6.48. The fourth-order valence-corrected chi connectivity index (χ4v) is 4.99. The van der Waals surface area contributed by atoms with Crippen molar-refractivity contribution in [1.29, 1.82) is 0 Å². The Balaban J connectivity index is 1.61. The summed E-state index contributed by atoms with van der Waals surface area (Å²) in [5.74, 6) is 0.626. The summed E-state index contributed by atoms with van der Waals surface area (Å²) in [7, 11) is 1.65. The first-order valence-corrected chi connectivity index (χ1v) is 10.2. The Labute approximate surface area is 166 Å². The number of imide groups is 1. The average Bonchev–Trinajstić information content (AvgIpc) is 2.74. The Morgan fingerprint density at radius 2 is 1.89 bits per heavy atom. The van der Waals surface area contributed by atoms with Gasteiger partial charge < -0.3 is 4.74 Å². The van der Waals surface area contributed by atoms with Crippen molar-refractivity contribution < 1.29 is 14.3 Å². The number of likely N-dealkylation sites (tertiary alicyclic amines) is 1. The molecular formula is C24H27NO3. The minimum absolute atomic E-state index is 0.00898. The second-order valence-corrected chi connectivity index (χ2v) is 7.98. The van der Waals surface area contributed by atoms with Crippen molar-refractivity contribution >= 4 is 11.8 Å². The van der Waals surface area contributed by atoms with Gasteiger partial charge in [0, 0.05) is 24.3 Å². The molecular weight excluding hydrogens is 350 g/mol. The van der Waals surface area contributed by atoms with Crippen LogP contribution in [0.1, 0.15) is 43.2 Å². The van der Waals surface area contributed by atoms with E-state index in [1.807, 2.05) is 48.5 Å². The van der Waals surface area contributed by atoms with Gasteiger partial charge in [0.25, 0.3) is 0 Å². The van der Waals surface area contributed by atoms with Crippen LogP contribution >= 0.6 is 0 Å². The topological polar surface area (TPSA) is 46.6 Å². The highest BCUT2D eigenvalue weighted by molar-refractivity contribution is 6.01. The van der Waals surface area contributed by atoms with E-state index in [2.05, 4.69) is 6.07 Å². The number of carbonyl (C=O) groups excluding carboxylic acids is 2. The highest BCUT2D eigenvalue weighted by Gasteiger charge is 2.53. The summed E-state index contributed by atoms with van der Waals surface area (Å²) in [6.45, 7) is 0.465. The smallest absolute Gasteiger partial charge is 0.233 e. The lowest BCUT2D eigenvalue weighted by atomic mass is 9.58. The predicted molar refractivity (Wildman–Crippen MR) is 108 cm³/mol. The van der Waals surface area contributed by atoms with Crippen molar-refractivity contribution in [2.75, 3.05) is 13.7 Å². The Hall–Kier alpha value is -2.62. The fourth-order valence-electron chi connectivity index (χ4n) is 4.99. The minimum atomic E-state index is -0.385. The highest BCUT2D eigenvalue weighted by Crippen LogP contribution is 2.50. The molecule has 2 atom stereocenters. The van der Waals surface area contributed by atoms with Gasteiger partial charge in [-0.1, -0.05) is 55.3 Å². The fraction of sp³-hybridized carbons (Fsp3) is 0.417. The quantitative estimate of drug-likeness (QED) is 0.736. The van der Waals surface area contributed by atoms with Crippen molar-refractivity contribution in [2.45, 2.75) is 43.9 Å². The van der Waals surface area contributed by atoms with Crippen LogP contribution in [-0.4, -0.2) is 30.4 Å². The monoisotopic (exact) mass is 377 g/mol. The van der Waals surface area contributed by atoms with E-state index in [0.29, 0.717) is 19.4 Å². The molecule has 2 fully saturated rings. The molecule has 0 radical (unpaired) electrons. The number of carbonyl (C=O) groups is 2. The van der Waals surface area contributed by atoms with Crippen LogP contribution in [0.3, 0.4) is 0 Å². The van der Waals surface area contributed by atoms with E-state index in [9.17, 15) is 9.59 Å². The molecule has 2 aromatic rings. The van der Waals surface area contributed by atoms with Crippen LogP contribution in [0.2, 0.25) is 0 Å². The molecule has 1 saturated carbocycles. The molecule has 28 heavy (non-hydrogen) atoms. The Bertz CT molecular complexity index is 863. The molecule has 0 aromatic heterocycles. The number of fused-ring (bicyclic) bond motifs is 1. The summed E-state index contributed by atoms with van der Waals surface area (Å²) in [6, 6.07) is 18.0. The van der Waals surface area contributed by atoms with Crippen molar-refractivity contribution in [1.82, 2.24) is 4.90 Å². The van der Waals surface area contributed by atoms with E-state index in [0.717, 1.165) is 42.6 Å². The first-order chi connectivity index (χ1) is 13.6. The average molecular weight is 377 g/mol. The van der Waals surface area contributed by atoms with Gasteiger partial charge in [0.05, 0.1) is 7.11 Å². The van der Waals surface area contributed by atoms with Gasteiger partial charge in [0.15, 0.2) is 0 Å². The lowest BCUT2D eigenvalue weighted by Gasteiger charge is -2.49. The van der Waals surface area contributed by atoms with Gasteiger partial charge in [-0.3, -0.25) is 14.5 Å². The first kappa shape index (κ1) is 18.7. The lowest BCUT2D eigenvalue weighted by Crippen LogP contribution is -2.57. The molecule has 146 valence electrons. The molecule has 1 saturated heterocycles. The zero-order valence-corrected chi connectivity index (χ0v) is 16.4. The Morgan fingerprint density at radius 3 is 2.68 bits per heavy atom. The van der Waals surface area contributed by atoms with E-state index in [4.69, 9.17) is 4.74 Å². The van der Waals surface area contributed by atoms with Crippen molar-refractivity contribution in [2.24, 2.45) is 5.92 Å². The van der Waals surface area contributed by atoms with Gasteiger partial charge in [-0.2, -0.15) is 0 Å². The molecule has 4 rings (SSSR count). The summed E-state index contributed by atoms with van der Waals surface area (Å²) in [4.78, 5) is 28.0. The number of methoxy groups -OCH3 is 1. The largest absolute Gasteiger partial charge is 0.497 e. The van der Waals surface area contributed by atoms with Gasteiger partial charge in [-0.25, -0.2) is 0 Å². The van der Waals surface area contributed by atoms with E-state index >= 15 is 0 Å². The highest BCUT2D eigenvalue weighted by atomic mass is 16.5. The van der Waals surface area contributed by atoms with Crippen LogP contribution in [0.5, 0.6) is 5.75 Å². The van der Waals surface area contributed by atoms with E-state index in [1.165, 1.54) is 4.90 Å². The van der Waals surface area contributed by atoms with Crippen molar-refractivity contribution in [3.8, 4) is 5.75 Å². The molecule has 0 unspecified atom stereocenters. The molecule has 4 nitrogen and oxygen atoms in total. The second-order valence-electron chi connectivity index (χ2n) is 7.98. The van der Waals surface area contributed by atoms with Crippen LogP contribution in [0, 0.1) is 5.92 Å². The van der Waals surface area contributed by atoms with E-state index < -0.39 is 0 Å². The molecule has 1 heterocycles. The standard InChI is InChI=1S/C24H27NO3/c1-28-20-11-7-10-19(16-20)24-14-6-5-12-21(24)23(27)25(22(26)17-24)15-13-18-8-3-2-4-9-18/h2-4,7-11,16,21H,5-6,12-15,17H2,1H3/t21-,24+/m0/s1. The number of hydrogen-bond acceptors (Lipinski definition) is 3. The third kappa shape index (κ3) is 3.32. The lowest BCUT2D eigenvalue weighted by molar-refractivity contribution is -0.157. The summed E-state index contributed by atoms with van der Waals surface area (Å²) < 4.78 is 5.40. The number of ether oxygens (including phenoxy) is 1. The number of hydrogen-bond donors (Lipinski definition) is 0. The summed E-state index contributed by atoms with van der Waals surface area (Å²) >= 11 is 0. The van der Waals surface area contributed by atoms with Gasteiger partial charge >= 0.3 is 0 Å². The minimum Gasteiger partial charge on any atom is -0.497 e. The zero-order chi connectivity index (χ0) is 19.6. The van der Waals surface area contributed by atoms with Crippen LogP contribution in [-0.2, 0) is 21.4 Å². The van der Waals surface area contributed by atoms with Crippen molar-refractivity contribution in [3.63, 3.8) is 0 Å². The van der Waals surface area contributed by atoms with E-state index in [-0.39, 0.29) is 23.1 Å². The molecule has 4 heteroatoms. The van der Waals surface area contributed by atoms with Gasteiger partial charge in [0.2, 0.25) is 11.8 Å². The molecule has 0 spiro atoms. The molecule has 0 bridgehead atoms. The molecule has 1 aliphatic heterocycles. The number of piperidine rings is 1. The maximum Gasteiger partial charge on any atom is 0.233 e. The third-order valence-corrected chi connectivity index (χ3v) is 6.48. The molecule has 2 aliphatic rings. The number of rotatable bonds is 5. The van der Waals surface area contributed by atoms with Gasteiger partial charge in [-0.15, -0.1) is 0 Å². The predicted octanol–water partition coefficient (Wildman–Crippen LogP) is 4.12. The van der Waals surface area contributed by atoms with Crippen LogP contribution < -0.4 is 4.74 Å². The van der Waals surface area contributed by atoms with E-state index in [1.54, 1.807) is 7.11 Å².